The van der Waals surface area contributed by atoms with E-state index in [1.807, 2.05) is 32.0 Å². The number of aryl methyl sites for hydroxylation is 1. The summed E-state index contributed by atoms with van der Waals surface area (Å²) in [7, 11) is 1.66. The molecule has 0 amide bonds. The molecule has 21 heavy (non-hydrogen) atoms. The van der Waals surface area contributed by atoms with Crippen LogP contribution < -0.4 is 10.1 Å². The topological polar surface area (TPSA) is 75.7 Å². The Morgan fingerprint density at radius 3 is 2.86 bits per heavy atom. The van der Waals surface area contributed by atoms with Crippen molar-refractivity contribution in [1.82, 2.24) is 20.2 Å². The van der Waals surface area contributed by atoms with Gasteiger partial charge in [0.25, 0.3) is 0 Å². The lowest BCUT2D eigenvalue weighted by Crippen LogP contribution is -2.03. The molecule has 6 nitrogen and oxygen atoms in total. The highest BCUT2D eigenvalue weighted by atomic mass is 16.5. The molecule has 0 aliphatic carbocycles. The highest BCUT2D eigenvalue weighted by Crippen LogP contribution is 2.30. The third-order valence-corrected chi connectivity index (χ3v) is 3.33. The third-order valence-electron chi connectivity index (χ3n) is 3.33. The molecule has 0 fully saturated rings. The highest BCUT2D eigenvalue weighted by molar-refractivity contribution is 5.91. The Morgan fingerprint density at radius 2 is 2.14 bits per heavy atom. The van der Waals surface area contributed by atoms with Gasteiger partial charge in [-0.15, -0.1) is 0 Å². The first-order valence-corrected chi connectivity index (χ1v) is 6.83. The molecule has 0 unspecified atom stereocenters. The van der Waals surface area contributed by atoms with Crippen molar-refractivity contribution in [2.24, 2.45) is 0 Å². The molecule has 0 saturated carbocycles. The Kier molecular flexibility index (Phi) is 3.43. The molecule has 3 aromatic rings. The molecular formula is C15H17N5O. The van der Waals surface area contributed by atoms with Gasteiger partial charge in [-0.2, -0.15) is 10.1 Å². The van der Waals surface area contributed by atoms with Gasteiger partial charge in [-0.3, -0.25) is 5.10 Å². The van der Waals surface area contributed by atoms with Crippen LogP contribution in [0.5, 0.6) is 5.75 Å². The zero-order chi connectivity index (χ0) is 14.8. The maximum atomic E-state index is 5.26. The Hall–Kier alpha value is -2.63. The molecule has 0 spiro atoms. The Balaban J connectivity index is 2.20. The van der Waals surface area contributed by atoms with Crippen LogP contribution in [0.4, 0.5) is 5.95 Å². The molecule has 0 atom stereocenters. The van der Waals surface area contributed by atoms with E-state index in [2.05, 4.69) is 25.5 Å². The molecular weight excluding hydrogens is 266 g/mol. The van der Waals surface area contributed by atoms with E-state index in [1.165, 1.54) is 0 Å². The van der Waals surface area contributed by atoms with E-state index in [0.717, 1.165) is 40.1 Å². The van der Waals surface area contributed by atoms with Crippen LogP contribution in [-0.2, 0) is 0 Å². The minimum Gasteiger partial charge on any atom is -0.497 e. The van der Waals surface area contributed by atoms with Gasteiger partial charge >= 0.3 is 0 Å². The van der Waals surface area contributed by atoms with E-state index < -0.39 is 0 Å². The number of rotatable bonds is 4. The molecule has 6 heteroatoms. The molecule has 0 saturated heterocycles. The summed E-state index contributed by atoms with van der Waals surface area (Å²) < 4.78 is 5.26. The average molecular weight is 283 g/mol. The van der Waals surface area contributed by atoms with Crippen molar-refractivity contribution in [2.45, 2.75) is 13.8 Å². The first kappa shape index (κ1) is 13.4. The molecule has 0 radical (unpaired) electrons. The first-order chi connectivity index (χ1) is 10.2. The summed E-state index contributed by atoms with van der Waals surface area (Å²) in [6.07, 6.45) is 1.75. The Labute approximate surface area is 122 Å². The van der Waals surface area contributed by atoms with E-state index in [4.69, 9.17) is 4.74 Å². The number of fused-ring (bicyclic) bond motifs is 1. The predicted octanol–water partition coefficient (Wildman–Crippen LogP) is 2.77. The fourth-order valence-electron chi connectivity index (χ4n) is 2.31. The Bertz CT molecular complexity index is 781. The fraction of sp³-hybridized carbons (Fsp3) is 0.267. The van der Waals surface area contributed by atoms with Crippen LogP contribution in [-0.4, -0.2) is 33.8 Å². The van der Waals surface area contributed by atoms with Gasteiger partial charge in [0.2, 0.25) is 5.95 Å². The second-order valence-corrected chi connectivity index (χ2v) is 4.74. The number of nitrogens with zero attached hydrogens (tertiary/aromatic N) is 3. The molecule has 0 aliphatic heterocycles. The van der Waals surface area contributed by atoms with Gasteiger partial charge in [-0.25, -0.2) is 4.98 Å². The molecule has 108 valence electrons. The van der Waals surface area contributed by atoms with Crippen LogP contribution in [0.2, 0.25) is 0 Å². The van der Waals surface area contributed by atoms with Crippen LogP contribution in [0.1, 0.15) is 12.5 Å². The maximum absolute atomic E-state index is 5.26. The lowest BCUT2D eigenvalue weighted by Gasteiger charge is -2.10. The lowest BCUT2D eigenvalue weighted by molar-refractivity contribution is 0.414. The van der Waals surface area contributed by atoms with Crippen LogP contribution in [0.25, 0.3) is 22.3 Å². The van der Waals surface area contributed by atoms with E-state index in [0.29, 0.717) is 5.95 Å². The third kappa shape index (κ3) is 2.40. The average Bonchev–Trinajstić information content (AvgIpc) is 2.95. The highest BCUT2D eigenvalue weighted by Gasteiger charge is 2.13. The van der Waals surface area contributed by atoms with Crippen molar-refractivity contribution < 1.29 is 4.74 Å². The monoisotopic (exact) mass is 283 g/mol. The predicted molar refractivity (Wildman–Crippen MR) is 82.6 cm³/mol. The number of ether oxygens (including phenoxy) is 1. The Morgan fingerprint density at radius 1 is 1.29 bits per heavy atom. The number of methoxy groups -OCH3 is 1. The van der Waals surface area contributed by atoms with Gasteiger partial charge in [0.1, 0.15) is 5.75 Å². The SMILES string of the molecule is CCNc1nc(-c2ccc(OC)cc2C)c2cn[nH]c2n1. The van der Waals surface area contributed by atoms with Gasteiger partial charge in [0.15, 0.2) is 5.65 Å². The van der Waals surface area contributed by atoms with Crippen LogP contribution >= 0.6 is 0 Å². The largest absolute Gasteiger partial charge is 0.497 e. The van der Waals surface area contributed by atoms with Crippen LogP contribution in [0.15, 0.2) is 24.4 Å². The number of hydrogen-bond acceptors (Lipinski definition) is 5. The van der Waals surface area contributed by atoms with Gasteiger partial charge in [-0.1, -0.05) is 0 Å². The molecule has 2 heterocycles. The molecule has 2 N–H and O–H groups in total. The quantitative estimate of drug-likeness (QED) is 0.770. The van der Waals surface area contributed by atoms with Crippen molar-refractivity contribution in [2.75, 3.05) is 19.0 Å². The minimum atomic E-state index is 0.597. The van der Waals surface area contributed by atoms with E-state index in [9.17, 15) is 0 Å². The molecule has 1 aromatic carbocycles. The number of anilines is 1. The summed E-state index contributed by atoms with van der Waals surface area (Å²) in [5, 5.41) is 11.0. The molecule has 0 aliphatic rings. The van der Waals surface area contributed by atoms with Crippen molar-refractivity contribution in [1.29, 1.82) is 0 Å². The second-order valence-electron chi connectivity index (χ2n) is 4.74. The maximum Gasteiger partial charge on any atom is 0.225 e. The number of hydrogen-bond donors (Lipinski definition) is 2. The normalized spacial score (nSPS) is 10.8. The molecule has 2 aromatic heterocycles. The zero-order valence-corrected chi connectivity index (χ0v) is 12.3. The van der Waals surface area contributed by atoms with Crippen molar-refractivity contribution in [3.05, 3.63) is 30.0 Å². The summed E-state index contributed by atoms with van der Waals surface area (Å²) in [4.78, 5) is 9.04. The second kappa shape index (κ2) is 5.40. The van der Waals surface area contributed by atoms with E-state index in [-0.39, 0.29) is 0 Å². The summed E-state index contributed by atoms with van der Waals surface area (Å²) in [5.41, 5.74) is 3.73. The van der Waals surface area contributed by atoms with E-state index in [1.54, 1.807) is 13.3 Å². The van der Waals surface area contributed by atoms with Crippen LogP contribution in [0.3, 0.4) is 0 Å². The van der Waals surface area contributed by atoms with Crippen molar-refractivity contribution >= 4 is 17.0 Å². The number of aromatic amines is 1. The summed E-state index contributed by atoms with van der Waals surface area (Å²) in [5.74, 6) is 1.43. The minimum absolute atomic E-state index is 0.597. The molecule has 0 bridgehead atoms. The van der Waals surface area contributed by atoms with Crippen LogP contribution in [0, 0.1) is 6.92 Å². The zero-order valence-electron chi connectivity index (χ0n) is 12.3. The fourth-order valence-corrected chi connectivity index (χ4v) is 2.31. The summed E-state index contributed by atoms with van der Waals surface area (Å²) in [6, 6.07) is 5.94. The smallest absolute Gasteiger partial charge is 0.225 e. The lowest BCUT2D eigenvalue weighted by atomic mass is 10.0. The van der Waals surface area contributed by atoms with E-state index >= 15 is 0 Å². The first-order valence-electron chi connectivity index (χ1n) is 6.83. The van der Waals surface area contributed by atoms with Crippen molar-refractivity contribution in [3.63, 3.8) is 0 Å². The number of benzene rings is 1. The summed E-state index contributed by atoms with van der Waals surface area (Å²) >= 11 is 0. The summed E-state index contributed by atoms with van der Waals surface area (Å²) in [6.45, 7) is 4.82. The standard InChI is InChI=1S/C15H17N5O/c1-4-16-15-18-13(12-8-17-20-14(12)19-15)11-6-5-10(21-3)7-9(11)2/h5-8H,4H2,1-3H3,(H2,16,17,18,19,20). The number of aromatic nitrogens is 4. The van der Waals surface area contributed by atoms with Gasteiger partial charge in [0.05, 0.1) is 24.4 Å². The van der Waals surface area contributed by atoms with Gasteiger partial charge < -0.3 is 10.1 Å². The van der Waals surface area contributed by atoms with Gasteiger partial charge in [-0.05, 0) is 37.6 Å². The number of nitrogens with one attached hydrogen (secondary N) is 2. The number of H-pyrrole nitrogens is 1. The van der Waals surface area contributed by atoms with Crippen molar-refractivity contribution in [3.8, 4) is 17.0 Å². The molecule has 3 rings (SSSR count). The van der Waals surface area contributed by atoms with Gasteiger partial charge in [0, 0.05) is 12.1 Å².